The minimum atomic E-state index is -0.481. The van der Waals surface area contributed by atoms with Crippen LogP contribution in [0.2, 0.25) is 0 Å². The molecule has 2 atom stereocenters. The first-order valence-corrected chi connectivity index (χ1v) is 7.55. The molecule has 20 heavy (non-hydrogen) atoms. The second-order valence-electron chi connectivity index (χ2n) is 5.24. The van der Waals surface area contributed by atoms with Crippen LogP contribution in [0, 0.1) is 10.1 Å². The van der Waals surface area contributed by atoms with E-state index < -0.39 is 4.92 Å². The van der Waals surface area contributed by atoms with Crippen molar-refractivity contribution in [3.63, 3.8) is 0 Å². The third kappa shape index (κ3) is 2.87. The SMILES string of the molecule is CN(C(=O)c1cc([N+](=O)[O-])cn1C)C1CCCCC1Br. The highest BCUT2D eigenvalue weighted by molar-refractivity contribution is 9.09. The average Bonchev–Trinajstić information content (AvgIpc) is 2.80. The lowest BCUT2D eigenvalue weighted by Gasteiger charge is -2.35. The van der Waals surface area contributed by atoms with Crippen molar-refractivity contribution in [3.8, 4) is 0 Å². The van der Waals surface area contributed by atoms with E-state index in [0.29, 0.717) is 10.5 Å². The topological polar surface area (TPSA) is 68.4 Å². The van der Waals surface area contributed by atoms with Gasteiger partial charge in [0.1, 0.15) is 5.69 Å². The quantitative estimate of drug-likeness (QED) is 0.481. The third-order valence-electron chi connectivity index (χ3n) is 3.89. The highest BCUT2D eigenvalue weighted by Crippen LogP contribution is 2.29. The molecule has 1 saturated carbocycles. The first kappa shape index (κ1) is 15.0. The van der Waals surface area contributed by atoms with Crippen LogP contribution < -0.4 is 0 Å². The van der Waals surface area contributed by atoms with Gasteiger partial charge in [0, 0.05) is 31.0 Å². The number of hydrogen-bond acceptors (Lipinski definition) is 3. The molecule has 6 nitrogen and oxygen atoms in total. The molecular formula is C13H18BrN3O3. The summed E-state index contributed by atoms with van der Waals surface area (Å²) >= 11 is 3.63. The van der Waals surface area contributed by atoms with E-state index in [9.17, 15) is 14.9 Å². The lowest BCUT2D eigenvalue weighted by molar-refractivity contribution is -0.384. The summed E-state index contributed by atoms with van der Waals surface area (Å²) in [6.45, 7) is 0. The van der Waals surface area contributed by atoms with Gasteiger partial charge in [-0.1, -0.05) is 28.8 Å². The smallest absolute Gasteiger partial charge is 0.287 e. The zero-order chi connectivity index (χ0) is 14.9. The number of rotatable bonds is 3. The first-order chi connectivity index (χ1) is 9.41. The fourth-order valence-electron chi connectivity index (χ4n) is 2.69. The van der Waals surface area contributed by atoms with Crippen molar-refractivity contribution in [1.29, 1.82) is 0 Å². The van der Waals surface area contributed by atoms with Gasteiger partial charge in [0.15, 0.2) is 0 Å². The number of amides is 1. The Kier molecular flexibility index (Phi) is 4.47. The zero-order valence-electron chi connectivity index (χ0n) is 11.6. The highest BCUT2D eigenvalue weighted by atomic mass is 79.9. The summed E-state index contributed by atoms with van der Waals surface area (Å²) in [5, 5.41) is 10.8. The maximum absolute atomic E-state index is 12.5. The van der Waals surface area contributed by atoms with Gasteiger partial charge < -0.3 is 9.47 Å². The number of nitrogens with zero attached hydrogens (tertiary/aromatic N) is 3. The summed E-state index contributed by atoms with van der Waals surface area (Å²) in [6.07, 6.45) is 5.66. The van der Waals surface area contributed by atoms with Gasteiger partial charge in [0.25, 0.3) is 11.6 Å². The van der Waals surface area contributed by atoms with Crippen LogP contribution in [-0.4, -0.2) is 38.2 Å². The summed E-state index contributed by atoms with van der Waals surface area (Å²) in [7, 11) is 3.42. The number of hydrogen-bond donors (Lipinski definition) is 0. The number of aryl methyl sites for hydroxylation is 1. The van der Waals surface area contributed by atoms with E-state index in [1.54, 1.807) is 19.0 Å². The highest BCUT2D eigenvalue weighted by Gasteiger charge is 2.31. The standard InChI is InChI=1S/C13H18BrN3O3/c1-15-8-9(17(19)20)7-12(15)13(18)16(2)11-6-4-3-5-10(11)14/h7-8,10-11H,3-6H2,1-2H3. The van der Waals surface area contributed by atoms with Crippen molar-refractivity contribution >= 4 is 27.5 Å². The minimum Gasteiger partial charge on any atom is -0.340 e. The maximum Gasteiger partial charge on any atom is 0.287 e. The average molecular weight is 344 g/mol. The number of carbonyl (C=O) groups excluding carboxylic acids is 1. The molecule has 1 aromatic heterocycles. The Balaban J connectivity index is 2.19. The fraction of sp³-hybridized carbons (Fsp3) is 0.615. The van der Waals surface area contributed by atoms with E-state index in [0.717, 1.165) is 19.3 Å². The van der Waals surface area contributed by atoms with Crippen LogP contribution in [0.25, 0.3) is 0 Å². The van der Waals surface area contributed by atoms with Crippen molar-refractivity contribution in [2.24, 2.45) is 7.05 Å². The van der Waals surface area contributed by atoms with Crippen molar-refractivity contribution in [2.45, 2.75) is 36.6 Å². The van der Waals surface area contributed by atoms with Gasteiger partial charge >= 0.3 is 0 Å². The number of halogens is 1. The number of nitro groups is 1. The molecule has 1 aliphatic rings. The Labute approximate surface area is 126 Å². The van der Waals surface area contributed by atoms with Crippen LogP contribution in [-0.2, 0) is 7.05 Å². The maximum atomic E-state index is 12.5. The first-order valence-electron chi connectivity index (χ1n) is 6.63. The summed E-state index contributed by atoms with van der Waals surface area (Å²) in [5.41, 5.74) is 0.299. The van der Waals surface area contributed by atoms with E-state index in [-0.39, 0.29) is 17.6 Å². The largest absolute Gasteiger partial charge is 0.340 e. The zero-order valence-corrected chi connectivity index (χ0v) is 13.2. The lowest BCUT2D eigenvalue weighted by atomic mass is 9.94. The Morgan fingerprint density at radius 3 is 2.70 bits per heavy atom. The molecule has 2 rings (SSSR count). The van der Waals surface area contributed by atoms with E-state index in [2.05, 4.69) is 15.9 Å². The van der Waals surface area contributed by atoms with Crippen LogP contribution in [0.5, 0.6) is 0 Å². The van der Waals surface area contributed by atoms with Gasteiger partial charge in [-0.2, -0.15) is 0 Å². The molecule has 0 saturated heterocycles. The summed E-state index contributed by atoms with van der Waals surface area (Å²) in [6, 6.07) is 1.48. The molecule has 110 valence electrons. The molecule has 7 heteroatoms. The molecule has 1 amide bonds. The fourth-order valence-corrected chi connectivity index (χ4v) is 3.64. The van der Waals surface area contributed by atoms with E-state index in [1.807, 2.05) is 0 Å². The normalized spacial score (nSPS) is 22.6. The molecular weight excluding hydrogens is 326 g/mol. The van der Waals surface area contributed by atoms with Crippen LogP contribution in [0.3, 0.4) is 0 Å². The second-order valence-corrected chi connectivity index (χ2v) is 6.41. The lowest BCUT2D eigenvalue weighted by Crippen LogP contribution is -2.44. The van der Waals surface area contributed by atoms with Crippen LogP contribution in [0.1, 0.15) is 36.2 Å². The molecule has 1 aliphatic carbocycles. The van der Waals surface area contributed by atoms with Crippen molar-refractivity contribution < 1.29 is 9.72 Å². The number of carbonyl (C=O) groups is 1. The Morgan fingerprint density at radius 1 is 1.50 bits per heavy atom. The monoisotopic (exact) mass is 343 g/mol. The van der Waals surface area contributed by atoms with Gasteiger partial charge in [0.05, 0.1) is 11.1 Å². The molecule has 0 N–H and O–H groups in total. The third-order valence-corrected chi connectivity index (χ3v) is 4.95. The van der Waals surface area contributed by atoms with Gasteiger partial charge in [-0.05, 0) is 12.8 Å². The van der Waals surface area contributed by atoms with Gasteiger partial charge in [-0.3, -0.25) is 14.9 Å². The van der Waals surface area contributed by atoms with E-state index in [4.69, 9.17) is 0 Å². The van der Waals surface area contributed by atoms with Crippen LogP contribution >= 0.6 is 15.9 Å². The van der Waals surface area contributed by atoms with Crippen LogP contribution in [0.4, 0.5) is 5.69 Å². The molecule has 0 bridgehead atoms. The van der Waals surface area contributed by atoms with E-state index in [1.165, 1.54) is 23.3 Å². The summed E-state index contributed by atoms with van der Waals surface area (Å²) in [5.74, 6) is -0.169. The van der Waals surface area contributed by atoms with Crippen molar-refractivity contribution in [2.75, 3.05) is 7.05 Å². The number of alkyl halides is 1. The summed E-state index contributed by atoms with van der Waals surface area (Å²) in [4.78, 5) is 24.8. The molecule has 0 spiro atoms. The second kappa shape index (κ2) is 5.95. The van der Waals surface area contributed by atoms with Crippen molar-refractivity contribution in [1.82, 2.24) is 9.47 Å². The summed E-state index contributed by atoms with van der Waals surface area (Å²) < 4.78 is 1.52. The predicted octanol–water partition coefficient (Wildman–Crippen LogP) is 2.71. The van der Waals surface area contributed by atoms with Crippen molar-refractivity contribution in [3.05, 3.63) is 28.1 Å². The Bertz CT molecular complexity index is 529. The molecule has 2 unspecified atom stereocenters. The predicted molar refractivity (Wildman–Crippen MR) is 79.1 cm³/mol. The van der Waals surface area contributed by atoms with Gasteiger partial charge in [-0.25, -0.2) is 0 Å². The Morgan fingerprint density at radius 2 is 2.15 bits per heavy atom. The molecule has 0 aliphatic heterocycles. The van der Waals surface area contributed by atoms with Gasteiger partial charge in [0.2, 0.25) is 0 Å². The van der Waals surface area contributed by atoms with Crippen LogP contribution in [0.15, 0.2) is 12.3 Å². The minimum absolute atomic E-state index is 0.0525. The molecule has 0 radical (unpaired) electrons. The molecule has 1 heterocycles. The molecule has 1 fully saturated rings. The van der Waals surface area contributed by atoms with E-state index >= 15 is 0 Å². The molecule has 0 aromatic carbocycles. The van der Waals surface area contributed by atoms with Gasteiger partial charge in [-0.15, -0.1) is 0 Å². The molecule has 1 aromatic rings. The Hall–Kier alpha value is -1.37. The number of aromatic nitrogens is 1.